The van der Waals surface area contributed by atoms with E-state index < -0.39 is 0 Å². The summed E-state index contributed by atoms with van der Waals surface area (Å²) in [5.41, 5.74) is 1.32. The van der Waals surface area contributed by atoms with Gasteiger partial charge in [0, 0.05) is 11.6 Å². The monoisotopic (exact) mass is 351 g/mol. The molecule has 0 bridgehead atoms. The smallest absolute Gasteiger partial charge is 0.258 e. The van der Waals surface area contributed by atoms with Crippen LogP contribution in [0.2, 0.25) is 0 Å². The van der Waals surface area contributed by atoms with Crippen LogP contribution in [0.1, 0.15) is 20.8 Å². The van der Waals surface area contributed by atoms with Gasteiger partial charge in [0.25, 0.3) is 5.91 Å². The number of nitrogens with one attached hydrogen (secondary N) is 1. The van der Waals surface area contributed by atoms with Crippen molar-refractivity contribution >= 4 is 16.9 Å². The van der Waals surface area contributed by atoms with Gasteiger partial charge in [0.05, 0.1) is 10.9 Å². The third-order valence-electron chi connectivity index (χ3n) is 3.72. The summed E-state index contributed by atoms with van der Waals surface area (Å²) in [7, 11) is 0. The minimum atomic E-state index is -0.315. The zero-order valence-corrected chi connectivity index (χ0v) is 15.0. The predicted molar refractivity (Wildman–Crippen MR) is 101 cm³/mol. The van der Waals surface area contributed by atoms with Gasteiger partial charge < -0.3 is 14.5 Å². The van der Waals surface area contributed by atoms with Gasteiger partial charge in [-0.05, 0) is 38.5 Å². The summed E-state index contributed by atoms with van der Waals surface area (Å²) >= 11 is 0. The summed E-state index contributed by atoms with van der Waals surface area (Å²) < 4.78 is 11.1. The first-order chi connectivity index (χ1) is 12.3. The Labute approximate surface area is 151 Å². The van der Waals surface area contributed by atoms with E-state index >= 15 is 0 Å². The van der Waals surface area contributed by atoms with Crippen LogP contribution in [0.25, 0.3) is 22.1 Å². The first-order valence-corrected chi connectivity index (χ1v) is 8.38. The summed E-state index contributed by atoms with van der Waals surface area (Å²) in [5, 5.41) is 3.29. The van der Waals surface area contributed by atoms with Gasteiger partial charge in [0.2, 0.25) is 0 Å². The van der Waals surface area contributed by atoms with Crippen molar-refractivity contribution in [1.29, 1.82) is 0 Å². The zero-order valence-electron chi connectivity index (χ0n) is 15.0. The molecule has 0 radical (unpaired) electrons. The van der Waals surface area contributed by atoms with Gasteiger partial charge in [0.1, 0.15) is 17.6 Å². The Morgan fingerprint density at radius 3 is 2.54 bits per heavy atom. The molecule has 3 rings (SSSR count). The Kier molecular flexibility index (Phi) is 4.80. The largest absolute Gasteiger partial charge is 0.484 e. The van der Waals surface area contributed by atoms with E-state index in [1.165, 1.54) is 6.26 Å². The molecule has 26 heavy (non-hydrogen) atoms. The summed E-state index contributed by atoms with van der Waals surface area (Å²) in [6.45, 7) is 5.61. The van der Waals surface area contributed by atoms with Gasteiger partial charge >= 0.3 is 0 Å². The molecule has 1 heterocycles. The van der Waals surface area contributed by atoms with Crippen LogP contribution in [0, 0.1) is 0 Å². The molecule has 2 aromatic carbocycles. The number of fused-ring (bicyclic) bond motifs is 1. The highest BCUT2D eigenvalue weighted by Gasteiger charge is 2.14. The number of hydrogen-bond acceptors (Lipinski definition) is 4. The van der Waals surface area contributed by atoms with Crippen molar-refractivity contribution in [3.63, 3.8) is 0 Å². The maximum atomic E-state index is 12.7. The Bertz CT molecular complexity index is 984. The van der Waals surface area contributed by atoms with E-state index in [0.717, 1.165) is 5.56 Å². The Hall–Kier alpha value is -3.08. The molecule has 0 aliphatic rings. The lowest BCUT2D eigenvalue weighted by atomic mass is 10.1. The van der Waals surface area contributed by atoms with Gasteiger partial charge in [-0.1, -0.05) is 30.3 Å². The minimum absolute atomic E-state index is 0.102. The van der Waals surface area contributed by atoms with Crippen molar-refractivity contribution in [3.8, 4) is 16.9 Å². The molecule has 0 aliphatic carbocycles. The highest BCUT2D eigenvalue weighted by molar-refractivity contribution is 5.83. The number of hydrogen-bond donors (Lipinski definition) is 1. The molecule has 1 aromatic heterocycles. The molecule has 0 saturated carbocycles. The minimum Gasteiger partial charge on any atom is -0.484 e. The summed E-state index contributed by atoms with van der Waals surface area (Å²) in [4.78, 5) is 24.5. The highest BCUT2D eigenvalue weighted by Crippen LogP contribution is 2.23. The van der Waals surface area contributed by atoms with Crippen LogP contribution < -0.4 is 15.5 Å². The summed E-state index contributed by atoms with van der Waals surface area (Å²) in [6, 6.07) is 14.3. The number of benzene rings is 2. The molecule has 1 amide bonds. The zero-order chi connectivity index (χ0) is 18.7. The van der Waals surface area contributed by atoms with Crippen molar-refractivity contribution in [2.75, 3.05) is 6.61 Å². The Morgan fingerprint density at radius 1 is 1.12 bits per heavy atom. The average Bonchev–Trinajstić information content (AvgIpc) is 2.59. The number of rotatable bonds is 4. The SMILES string of the molecule is CC(C)(C)NC(=O)COc1ccc2c(=O)c(-c3ccccc3)coc2c1. The van der Waals surface area contributed by atoms with E-state index in [0.29, 0.717) is 22.3 Å². The van der Waals surface area contributed by atoms with E-state index in [1.807, 2.05) is 51.1 Å². The third kappa shape index (κ3) is 4.11. The standard InChI is InChI=1S/C21H21NO4/c1-21(2,3)22-19(23)13-25-15-9-10-16-18(11-15)26-12-17(20(16)24)14-7-5-4-6-8-14/h4-12H,13H2,1-3H3,(H,22,23). The van der Waals surface area contributed by atoms with Gasteiger partial charge in [-0.3, -0.25) is 9.59 Å². The second-order valence-electron chi connectivity index (χ2n) is 7.09. The first kappa shape index (κ1) is 17.7. The maximum absolute atomic E-state index is 12.7. The molecule has 5 nitrogen and oxygen atoms in total. The molecular formula is C21H21NO4. The molecule has 3 aromatic rings. The van der Waals surface area contributed by atoms with E-state index in [-0.39, 0.29) is 23.5 Å². The molecule has 134 valence electrons. The molecule has 0 fully saturated rings. The first-order valence-electron chi connectivity index (χ1n) is 8.38. The van der Waals surface area contributed by atoms with Crippen molar-refractivity contribution in [2.45, 2.75) is 26.3 Å². The van der Waals surface area contributed by atoms with Crippen molar-refractivity contribution < 1.29 is 13.9 Å². The number of carbonyl (C=O) groups is 1. The average molecular weight is 351 g/mol. The Morgan fingerprint density at radius 2 is 1.85 bits per heavy atom. The van der Waals surface area contributed by atoms with Crippen LogP contribution in [0.3, 0.4) is 0 Å². The van der Waals surface area contributed by atoms with Gasteiger partial charge in [-0.15, -0.1) is 0 Å². The second-order valence-corrected chi connectivity index (χ2v) is 7.09. The van der Waals surface area contributed by atoms with E-state index in [2.05, 4.69) is 5.32 Å². The second kappa shape index (κ2) is 7.04. The highest BCUT2D eigenvalue weighted by atomic mass is 16.5. The van der Waals surface area contributed by atoms with Crippen LogP contribution in [0.5, 0.6) is 5.75 Å². The molecule has 0 spiro atoms. The quantitative estimate of drug-likeness (QED) is 0.777. The van der Waals surface area contributed by atoms with Crippen LogP contribution in [-0.2, 0) is 4.79 Å². The normalized spacial score (nSPS) is 11.3. The van der Waals surface area contributed by atoms with Gasteiger partial charge in [-0.25, -0.2) is 0 Å². The van der Waals surface area contributed by atoms with E-state index in [9.17, 15) is 9.59 Å². The van der Waals surface area contributed by atoms with Crippen LogP contribution in [0.4, 0.5) is 0 Å². The lowest BCUT2D eigenvalue weighted by Crippen LogP contribution is -2.43. The van der Waals surface area contributed by atoms with Crippen LogP contribution in [-0.4, -0.2) is 18.1 Å². The lowest BCUT2D eigenvalue weighted by Gasteiger charge is -2.20. The van der Waals surface area contributed by atoms with Crippen LogP contribution in [0.15, 0.2) is 64.0 Å². The molecule has 0 unspecified atom stereocenters. The molecule has 0 saturated heterocycles. The molecule has 0 aliphatic heterocycles. The van der Waals surface area contributed by atoms with Gasteiger partial charge in [-0.2, -0.15) is 0 Å². The number of carbonyl (C=O) groups excluding carboxylic acids is 1. The van der Waals surface area contributed by atoms with Crippen molar-refractivity contribution in [3.05, 3.63) is 65.0 Å². The van der Waals surface area contributed by atoms with E-state index in [1.54, 1.807) is 18.2 Å². The van der Waals surface area contributed by atoms with Crippen molar-refractivity contribution in [1.82, 2.24) is 5.32 Å². The maximum Gasteiger partial charge on any atom is 0.258 e. The Balaban J connectivity index is 1.82. The van der Waals surface area contributed by atoms with Crippen molar-refractivity contribution in [2.24, 2.45) is 0 Å². The van der Waals surface area contributed by atoms with Gasteiger partial charge in [0.15, 0.2) is 12.0 Å². The van der Waals surface area contributed by atoms with Crippen LogP contribution >= 0.6 is 0 Å². The number of amides is 1. The number of ether oxygens (including phenoxy) is 1. The molecule has 0 atom stereocenters. The summed E-state index contributed by atoms with van der Waals surface area (Å²) in [6.07, 6.45) is 1.45. The fourth-order valence-electron chi connectivity index (χ4n) is 2.62. The fourth-order valence-corrected chi connectivity index (χ4v) is 2.62. The lowest BCUT2D eigenvalue weighted by molar-refractivity contribution is -0.124. The molecule has 5 heteroatoms. The predicted octanol–water partition coefficient (Wildman–Crippen LogP) is 3.75. The molecular weight excluding hydrogens is 330 g/mol. The summed E-state index contributed by atoms with van der Waals surface area (Å²) in [5.74, 6) is 0.260. The topological polar surface area (TPSA) is 68.5 Å². The van der Waals surface area contributed by atoms with E-state index in [4.69, 9.17) is 9.15 Å². The fraction of sp³-hybridized carbons (Fsp3) is 0.238. The molecule has 1 N–H and O–H groups in total. The third-order valence-corrected chi connectivity index (χ3v) is 3.72.